The molecule has 0 aliphatic rings. The lowest BCUT2D eigenvalue weighted by Gasteiger charge is -2.08. The Morgan fingerprint density at radius 3 is 2.77 bits per heavy atom. The van der Waals surface area contributed by atoms with Gasteiger partial charge in [-0.15, -0.1) is 0 Å². The Kier molecular flexibility index (Phi) is 6.36. The number of hydrogen-bond acceptors (Lipinski definition) is 4. The highest BCUT2D eigenvalue weighted by molar-refractivity contribution is 6.31. The van der Waals surface area contributed by atoms with E-state index >= 15 is 0 Å². The normalized spacial score (nSPS) is 10.7. The zero-order valence-electron chi connectivity index (χ0n) is 13.8. The molecular formula is C19H15ClN2O4. The lowest BCUT2D eigenvalue weighted by molar-refractivity contribution is -0.139. The molecule has 0 unspecified atom stereocenters. The number of hydrogen-bond donors (Lipinski definition) is 2. The van der Waals surface area contributed by atoms with Gasteiger partial charge >= 0.3 is 5.97 Å². The average molecular weight is 371 g/mol. The number of carbonyl (C=O) groups excluding carboxylic acids is 1. The first kappa shape index (κ1) is 19.0. The van der Waals surface area contributed by atoms with Gasteiger partial charge in [-0.25, -0.2) is 4.79 Å². The molecule has 0 bridgehead atoms. The van der Waals surface area contributed by atoms with Crippen molar-refractivity contribution >= 4 is 35.2 Å². The van der Waals surface area contributed by atoms with E-state index in [1.165, 1.54) is 12.1 Å². The van der Waals surface area contributed by atoms with E-state index in [1.807, 2.05) is 13.0 Å². The van der Waals surface area contributed by atoms with E-state index in [-0.39, 0.29) is 5.57 Å². The number of benzene rings is 2. The number of ether oxygens (including phenoxy) is 1. The van der Waals surface area contributed by atoms with Gasteiger partial charge in [0.25, 0.3) is 5.91 Å². The molecule has 1 amide bonds. The maximum Gasteiger partial charge on any atom is 0.341 e. The van der Waals surface area contributed by atoms with Crippen LogP contribution in [0, 0.1) is 18.3 Å². The highest BCUT2D eigenvalue weighted by Crippen LogP contribution is 2.21. The molecule has 2 aromatic rings. The highest BCUT2D eigenvalue weighted by atomic mass is 35.5. The second-order valence-electron chi connectivity index (χ2n) is 5.34. The number of nitrogens with one attached hydrogen (secondary N) is 1. The van der Waals surface area contributed by atoms with Crippen molar-refractivity contribution in [3.63, 3.8) is 0 Å². The molecule has 0 radical (unpaired) electrons. The number of carboxylic acid groups (broad SMARTS) is 1. The molecule has 0 aliphatic heterocycles. The summed E-state index contributed by atoms with van der Waals surface area (Å²) in [5, 5.41) is 21.1. The first-order valence-corrected chi connectivity index (χ1v) is 7.91. The summed E-state index contributed by atoms with van der Waals surface area (Å²) in [6, 6.07) is 13.4. The van der Waals surface area contributed by atoms with E-state index in [1.54, 1.807) is 36.4 Å². The van der Waals surface area contributed by atoms with Crippen molar-refractivity contribution < 1.29 is 19.4 Å². The van der Waals surface area contributed by atoms with Gasteiger partial charge in [0.2, 0.25) is 0 Å². The van der Waals surface area contributed by atoms with Crippen molar-refractivity contribution in [1.29, 1.82) is 5.26 Å². The van der Waals surface area contributed by atoms with Gasteiger partial charge in [-0.2, -0.15) is 5.26 Å². The van der Waals surface area contributed by atoms with E-state index in [4.69, 9.17) is 21.4 Å². The van der Waals surface area contributed by atoms with Crippen LogP contribution >= 0.6 is 11.6 Å². The summed E-state index contributed by atoms with van der Waals surface area (Å²) in [6.07, 6.45) is 1.39. The summed E-state index contributed by atoms with van der Waals surface area (Å²) in [5.74, 6) is -1.35. The predicted octanol–water partition coefficient (Wildman–Crippen LogP) is 3.66. The molecule has 2 rings (SSSR count). The van der Waals surface area contributed by atoms with Gasteiger partial charge in [-0.1, -0.05) is 29.8 Å². The molecule has 6 nitrogen and oxygen atoms in total. The predicted molar refractivity (Wildman–Crippen MR) is 98.0 cm³/mol. The van der Waals surface area contributed by atoms with Crippen LogP contribution in [0.1, 0.15) is 11.1 Å². The minimum atomic E-state index is -1.10. The molecule has 0 fully saturated rings. The number of halogens is 1. The molecule has 0 aromatic heterocycles. The Morgan fingerprint density at radius 2 is 2.08 bits per heavy atom. The summed E-state index contributed by atoms with van der Waals surface area (Å²) < 4.78 is 5.08. The Bertz CT molecular complexity index is 916. The smallest absolute Gasteiger partial charge is 0.341 e. The molecule has 2 N–H and O–H groups in total. The third-order valence-electron chi connectivity index (χ3n) is 3.34. The van der Waals surface area contributed by atoms with Crippen molar-refractivity contribution in [2.75, 3.05) is 11.9 Å². The van der Waals surface area contributed by atoms with Crippen LogP contribution in [0.5, 0.6) is 5.75 Å². The molecular weight excluding hydrogens is 356 g/mol. The summed E-state index contributed by atoms with van der Waals surface area (Å²) in [5.41, 5.74) is 1.74. The van der Waals surface area contributed by atoms with Crippen molar-refractivity contribution in [3.8, 4) is 11.8 Å². The van der Waals surface area contributed by atoms with E-state index in [2.05, 4.69) is 5.32 Å². The summed E-state index contributed by atoms with van der Waals surface area (Å²) in [7, 11) is 0. The summed E-state index contributed by atoms with van der Waals surface area (Å²) >= 11 is 5.93. The third-order valence-corrected chi connectivity index (χ3v) is 3.58. The Morgan fingerprint density at radius 1 is 1.31 bits per heavy atom. The van der Waals surface area contributed by atoms with Crippen LogP contribution in [-0.4, -0.2) is 23.6 Å². The maximum atomic E-state index is 12.4. The zero-order valence-corrected chi connectivity index (χ0v) is 14.6. The highest BCUT2D eigenvalue weighted by Gasteiger charge is 2.11. The largest absolute Gasteiger partial charge is 0.482 e. The van der Waals surface area contributed by atoms with Crippen LogP contribution in [-0.2, 0) is 9.59 Å². The monoisotopic (exact) mass is 370 g/mol. The number of amides is 1. The first-order chi connectivity index (χ1) is 12.4. The number of carboxylic acids is 1. The van der Waals surface area contributed by atoms with Crippen molar-refractivity contribution in [1.82, 2.24) is 0 Å². The fourth-order valence-corrected chi connectivity index (χ4v) is 2.25. The fraction of sp³-hybridized carbons (Fsp3) is 0.105. The molecule has 132 valence electrons. The van der Waals surface area contributed by atoms with E-state index in [9.17, 15) is 14.9 Å². The molecule has 0 saturated heterocycles. The maximum absolute atomic E-state index is 12.4. The van der Waals surface area contributed by atoms with E-state index in [0.717, 1.165) is 5.56 Å². The molecule has 0 aliphatic carbocycles. The van der Waals surface area contributed by atoms with Crippen molar-refractivity contribution in [2.45, 2.75) is 6.92 Å². The van der Waals surface area contributed by atoms with Crippen LogP contribution in [0.25, 0.3) is 6.08 Å². The van der Waals surface area contributed by atoms with Crippen LogP contribution in [0.3, 0.4) is 0 Å². The fourth-order valence-electron chi connectivity index (χ4n) is 2.07. The molecule has 0 atom stereocenters. The van der Waals surface area contributed by atoms with Crippen molar-refractivity contribution in [2.24, 2.45) is 0 Å². The average Bonchev–Trinajstić information content (AvgIpc) is 2.61. The van der Waals surface area contributed by atoms with Gasteiger partial charge in [0.15, 0.2) is 6.61 Å². The molecule has 0 spiro atoms. The lowest BCUT2D eigenvalue weighted by atomic mass is 10.1. The molecule has 26 heavy (non-hydrogen) atoms. The molecule has 0 saturated carbocycles. The molecule has 0 heterocycles. The molecule has 2 aromatic carbocycles. The van der Waals surface area contributed by atoms with Gasteiger partial charge in [-0.05, 0) is 48.4 Å². The SMILES string of the molecule is Cc1ccc(Cl)cc1NC(=O)/C(C#N)=C/c1cccc(OCC(=O)O)c1. The number of nitrogens with zero attached hydrogens (tertiary/aromatic N) is 1. The first-order valence-electron chi connectivity index (χ1n) is 7.53. The van der Waals surface area contributed by atoms with E-state index < -0.39 is 18.5 Å². The van der Waals surface area contributed by atoms with Crippen molar-refractivity contribution in [3.05, 3.63) is 64.2 Å². The Balaban J connectivity index is 2.20. The van der Waals surface area contributed by atoms with Crippen LogP contribution < -0.4 is 10.1 Å². The number of aryl methyl sites for hydroxylation is 1. The van der Waals surface area contributed by atoms with Crippen LogP contribution in [0.15, 0.2) is 48.0 Å². The zero-order chi connectivity index (χ0) is 19.1. The lowest BCUT2D eigenvalue weighted by Crippen LogP contribution is -2.14. The summed E-state index contributed by atoms with van der Waals surface area (Å²) in [4.78, 5) is 22.9. The minimum Gasteiger partial charge on any atom is -0.482 e. The van der Waals surface area contributed by atoms with Crippen LogP contribution in [0.4, 0.5) is 5.69 Å². The number of anilines is 1. The second-order valence-corrected chi connectivity index (χ2v) is 5.77. The topological polar surface area (TPSA) is 99.4 Å². The number of rotatable bonds is 6. The van der Waals surface area contributed by atoms with Gasteiger partial charge in [-0.3, -0.25) is 4.79 Å². The Hall–Kier alpha value is -3.30. The molecule has 7 heteroatoms. The van der Waals surface area contributed by atoms with Gasteiger partial charge in [0.05, 0.1) is 0 Å². The quantitative estimate of drug-likeness (QED) is 0.597. The van der Waals surface area contributed by atoms with Gasteiger partial charge in [0.1, 0.15) is 17.4 Å². The second kappa shape index (κ2) is 8.70. The van der Waals surface area contributed by atoms with Crippen LogP contribution in [0.2, 0.25) is 5.02 Å². The summed E-state index contributed by atoms with van der Waals surface area (Å²) in [6.45, 7) is 1.33. The van der Waals surface area contributed by atoms with Gasteiger partial charge < -0.3 is 15.2 Å². The van der Waals surface area contributed by atoms with Gasteiger partial charge in [0, 0.05) is 10.7 Å². The minimum absolute atomic E-state index is 0.111. The third kappa shape index (κ3) is 5.36. The number of carbonyl (C=O) groups is 2. The Labute approximate surface area is 155 Å². The standard InChI is InChI=1S/C19H15ClN2O4/c1-12-5-6-15(20)9-17(12)22-19(25)14(10-21)7-13-3-2-4-16(8-13)26-11-18(23)24/h2-9H,11H2,1H3,(H,22,25)(H,23,24)/b14-7+. The number of nitriles is 1. The number of aliphatic carboxylic acids is 1. The van der Waals surface area contributed by atoms with E-state index in [0.29, 0.717) is 22.0 Å².